The maximum atomic E-state index is 12.0. The Labute approximate surface area is 112 Å². The number of aliphatic carboxylic acids is 1. The second kappa shape index (κ2) is 6.87. The van der Waals surface area contributed by atoms with E-state index >= 15 is 0 Å². The zero-order chi connectivity index (χ0) is 13.7. The van der Waals surface area contributed by atoms with E-state index in [2.05, 4.69) is 5.32 Å². The number of nitrogens with zero attached hydrogens (tertiary/aromatic N) is 1. The maximum absolute atomic E-state index is 12.0. The van der Waals surface area contributed by atoms with Gasteiger partial charge in [-0.05, 0) is 18.1 Å². The van der Waals surface area contributed by atoms with Crippen molar-refractivity contribution in [2.24, 2.45) is 5.92 Å². The fourth-order valence-corrected chi connectivity index (χ4v) is 3.18. The van der Waals surface area contributed by atoms with Crippen LogP contribution < -0.4 is 5.32 Å². The average Bonchev–Trinajstić information content (AvgIpc) is 2.87. The van der Waals surface area contributed by atoms with E-state index < -0.39 is 12.0 Å². The third-order valence-corrected chi connectivity index (χ3v) is 4.68. The first-order valence-corrected chi connectivity index (χ1v) is 7.46. The van der Waals surface area contributed by atoms with Crippen molar-refractivity contribution in [3.8, 4) is 0 Å². The molecule has 0 aliphatic carbocycles. The molecule has 3 atom stereocenters. The van der Waals surface area contributed by atoms with Crippen LogP contribution in [0.4, 0.5) is 4.79 Å². The number of hydrogen-bond acceptors (Lipinski definition) is 3. The summed E-state index contributed by atoms with van der Waals surface area (Å²) in [6.07, 6.45) is 1.70. The summed E-state index contributed by atoms with van der Waals surface area (Å²) < 4.78 is 0. The van der Waals surface area contributed by atoms with Crippen LogP contribution in [-0.4, -0.2) is 52.6 Å². The molecule has 0 aromatic rings. The van der Waals surface area contributed by atoms with Crippen molar-refractivity contribution in [2.75, 3.05) is 18.6 Å². The highest BCUT2D eigenvalue weighted by atomic mass is 32.2. The Morgan fingerprint density at radius 3 is 2.67 bits per heavy atom. The van der Waals surface area contributed by atoms with Gasteiger partial charge in [-0.1, -0.05) is 20.3 Å². The normalized spacial score (nSPS) is 22.3. The largest absolute Gasteiger partial charge is 0.480 e. The van der Waals surface area contributed by atoms with E-state index in [4.69, 9.17) is 5.11 Å². The van der Waals surface area contributed by atoms with E-state index in [1.807, 2.05) is 25.6 Å². The van der Waals surface area contributed by atoms with E-state index in [9.17, 15) is 9.59 Å². The van der Waals surface area contributed by atoms with E-state index in [0.29, 0.717) is 0 Å². The Morgan fingerprint density at radius 1 is 1.56 bits per heavy atom. The highest BCUT2D eigenvalue weighted by Gasteiger charge is 2.29. The molecule has 0 aromatic carbocycles. The Hall–Kier alpha value is -0.910. The number of urea groups is 1. The molecule has 2 amide bonds. The molecule has 1 rings (SSSR count). The molecule has 104 valence electrons. The summed E-state index contributed by atoms with van der Waals surface area (Å²) in [6, 6.07) is -0.865. The Kier molecular flexibility index (Phi) is 5.78. The number of hydrogen-bond donors (Lipinski definition) is 2. The number of carboxylic acids is 1. The van der Waals surface area contributed by atoms with Crippen LogP contribution >= 0.6 is 11.8 Å². The van der Waals surface area contributed by atoms with Crippen molar-refractivity contribution >= 4 is 23.8 Å². The van der Waals surface area contributed by atoms with Gasteiger partial charge in [-0.2, -0.15) is 11.8 Å². The van der Waals surface area contributed by atoms with Gasteiger partial charge >= 0.3 is 12.0 Å². The van der Waals surface area contributed by atoms with Gasteiger partial charge in [0.05, 0.1) is 0 Å². The van der Waals surface area contributed by atoms with Crippen molar-refractivity contribution in [2.45, 2.75) is 38.8 Å². The minimum Gasteiger partial charge on any atom is -0.480 e. The molecule has 6 heteroatoms. The molecule has 2 unspecified atom stereocenters. The molecule has 1 heterocycles. The first-order chi connectivity index (χ1) is 8.47. The van der Waals surface area contributed by atoms with Gasteiger partial charge in [-0.25, -0.2) is 9.59 Å². The van der Waals surface area contributed by atoms with Crippen molar-refractivity contribution in [3.05, 3.63) is 0 Å². The standard InChI is InChI=1S/C12H22N2O3S/c1-4-8(2)10(11(15)16)13-12(17)14(3)9-5-6-18-7-9/h8-10H,4-7H2,1-3H3,(H,13,17)(H,15,16)/t8?,9?,10-/m0/s1. The number of carboxylic acid groups (broad SMARTS) is 1. The molecule has 0 saturated carbocycles. The van der Waals surface area contributed by atoms with Crippen LogP contribution in [0.2, 0.25) is 0 Å². The predicted octanol–water partition coefficient (Wildman–Crippen LogP) is 1.63. The SMILES string of the molecule is CCC(C)[C@H](NC(=O)N(C)C1CCSC1)C(=O)O. The lowest BCUT2D eigenvalue weighted by atomic mass is 9.99. The zero-order valence-corrected chi connectivity index (χ0v) is 12.0. The van der Waals surface area contributed by atoms with Crippen LogP contribution in [0, 0.1) is 5.92 Å². The van der Waals surface area contributed by atoms with Crippen LogP contribution in [0.25, 0.3) is 0 Å². The fraction of sp³-hybridized carbons (Fsp3) is 0.833. The van der Waals surface area contributed by atoms with Crippen LogP contribution in [0.15, 0.2) is 0 Å². The molecule has 18 heavy (non-hydrogen) atoms. The van der Waals surface area contributed by atoms with Gasteiger partial charge in [0.2, 0.25) is 0 Å². The summed E-state index contributed by atoms with van der Waals surface area (Å²) in [5.41, 5.74) is 0. The van der Waals surface area contributed by atoms with Gasteiger partial charge < -0.3 is 15.3 Å². The van der Waals surface area contributed by atoms with Crippen molar-refractivity contribution < 1.29 is 14.7 Å². The van der Waals surface area contributed by atoms with Gasteiger partial charge in [-0.3, -0.25) is 0 Å². The number of carbonyl (C=O) groups is 2. The molecule has 5 nitrogen and oxygen atoms in total. The zero-order valence-electron chi connectivity index (χ0n) is 11.2. The first-order valence-electron chi connectivity index (χ1n) is 6.31. The van der Waals surface area contributed by atoms with E-state index in [0.717, 1.165) is 24.3 Å². The number of amides is 2. The van der Waals surface area contributed by atoms with Crippen LogP contribution in [0.1, 0.15) is 26.7 Å². The lowest BCUT2D eigenvalue weighted by Gasteiger charge is -2.27. The number of thioether (sulfide) groups is 1. The number of carbonyl (C=O) groups excluding carboxylic acids is 1. The Balaban J connectivity index is 2.57. The Bertz CT molecular complexity index is 306. The minimum atomic E-state index is -0.966. The van der Waals surface area contributed by atoms with Crippen molar-refractivity contribution in [1.29, 1.82) is 0 Å². The first kappa shape index (κ1) is 15.1. The summed E-state index contributed by atoms with van der Waals surface area (Å²) in [5.74, 6) is 0.964. The van der Waals surface area contributed by atoms with Crippen LogP contribution in [0.3, 0.4) is 0 Å². The smallest absolute Gasteiger partial charge is 0.326 e. The molecule has 1 aliphatic heterocycles. The number of rotatable bonds is 5. The predicted molar refractivity (Wildman–Crippen MR) is 72.9 cm³/mol. The summed E-state index contributed by atoms with van der Waals surface area (Å²) in [4.78, 5) is 24.8. The Morgan fingerprint density at radius 2 is 2.22 bits per heavy atom. The summed E-state index contributed by atoms with van der Waals surface area (Å²) >= 11 is 1.83. The third-order valence-electron chi connectivity index (χ3n) is 3.53. The lowest BCUT2D eigenvalue weighted by Crippen LogP contribution is -2.52. The van der Waals surface area contributed by atoms with Gasteiger partial charge in [0.15, 0.2) is 0 Å². The van der Waals surface area contributed by atoms with E-state index in [1.165, 1.54) is 0 Å². The molecule has 0 radical (unpaired) electrons. The average molecular weight is 274 g/mol. The van der Waals surface area contributed by atoms with Gasteiger partial charge in [0.25, 0.3) is 0 Å². The molecule has 0 aromatic heterocycles. The summed E-state index contributed by atoms with van der Waals surface area (Å²) in [7, 11) is 1.74. The van der Waals surface area contributed by atoms with E-state index in [1.54, 1.807) is 11.9 Å². The van der Waals surface area contributed by atoms with Crippen molar-refractivity contribution in [3.63, 3.8) is 0 Å². The molecule has 1 fully saturated rings. The van der Waals surface area contributed by atoms with E-state index in [-0.39, 0.29) is 18.0 Å². The summed E-state index contributed by atoms with van der Waals surface area (Å²) in [6.45, 7) is 3.76. The minimum absolute atomic E-state index is 0.0715. The molecule has 1 aliphatic rings. The fourth-order valence-electron chi connectivity index (χ4n) is 1.91. The second-order valence-corrected chi connectivity index (χ2v) is 5.93. The van der Waals surface area contributed by atoms with Crippen LogP contribution in [-0.2, 0) is 4.79 Å². The lowest BCUT2D eigenvalue weighted by molar-refractivity contribution is -0.140. The van der Waals surface area contributed by atoms with Gasteiger partial charge in [-0.15, -0.1) is 0 Å². The molecule has 0 spiro atoms. The van der Waals surface area contributed by atoms with Gasteiger partial charge in [0, 0.05) is 18.8 Å². The number of nitrogens with one attached hydrogen (secondary N) is 1. The molecule has 0 bridgehead atoms. The quantitative estimate of drug-likeness (QED) is 0.799. The van der Waals surface area contributed by atoms with Gasteiger partial charge in [0.1, 0.15) is 6.04 Å². The molecule has 1 saturated heterocycles. The third kappa shape index (κ3) is 3.80. The second-order valence-electron chi connectivity index (χ2n) is 4.78. The highest BCUT2D eigenvalue weighted by Crippen LogP contribution is 2.21. The maximum Gasteiger partial charge on any atom is 0.326 e. The molecular formula is C12H22N2O3S. The molecule has 2 N–H and O–H groups in total. The topological polar surface area (TPSA) is 69.6 Å². The van der Waals surface area contributed by atoms with Crippen LogP contribution in [0.5, 0.6) is 0 Å². The monoisotopic (exact) mass is 274 g/mol. The summed E-state index contributed by atoms with van der Waals surface area (Å²) in [5, 5.41) is 11.8. The molecular weight excluding hydrogens is 252 g/mol. The highest BCUT2D eigenvalue weighted by molar-refractivity contribution is 7.99. The van der Waals surface area contributed by atoms with Crippen molar-refractivity contribution in [1.82, 2.24) is 10.2 Å².